The lowest BCUT2D eigenvalue weighted by molar-refractivity contribution is 0.884. The largest absolute Gasteiger partial charge is 0.225 e. The number of thiophene rings is 1. The monoisotopic (exact) mass is 300 g/mol. The van der Waals surface area contributed by atoms with E-state index >= 15 is 0 Å². The Morgan fingerprint density at radius 1 is 1.25 bits per heavy atom. The molecule has 0 atom stereocenters. The van der Waals surface area contributed by atoms with Gasteiger partial charge in [0, 0.05) is 11.4 Å². The van der Waals surface area contributed by atoms with E-state index in [4.69, 9.17) is 11.6 Å². The molecule has 4 rings (SSSR count). The predicted octanol–water partition coefficient (Wildman–Crippen LogP) is 3.58. The van der Waals surface area contributed by atoms with Crippen molar-refractivity contribution in [3.8, 4) is 0 Å². The van der Waals surface area contributed by atoms with Crippen molar-refractivity contribution in [3.05, 3.63) is 58.4 Å². The maximum Gasteiger partial charge on any atom is 0.167 e. The molecule has 0 bridgehead atoms. The van der Waals surface area contributed by atoms with E-state index in [2.05, 4.69) is 15.1 Å². The van der Waals surface area contributed by atoms with Crippen LogP contribution in [0.4, 0.5) is 0 Å². The molecule has 0 aliphatic carbocycles. The lowest BCUT2D eigenvalue weighted by Crippen LogP contribution is -1.92. The third kappa shape index (κ3) is 1.95. The van der Waals surface area contributed by atoms with Gasteiger partial charge in [-0.15, -0.1) is 16.4 Å². The summed E-state index contributed by atoms with van der Waals surface area (Å²) in [6.45, 7) is 0. The first kappa shape index (κ1) is 11.8. The van der Waals surface area contributed by atoms with Crippen molar-refractivity contribution in [1.29, 1.82) is 0 Å². The summed E-state index contributed by atoms with van der Waals surface area (Å²) in [5, 5.41) is 8.26. The Hall–Kier alpha value is -1.98. The maximum atomic E-state index is 6.00. The van der Waals surface area contributed by atoms with Gasteiger partial charge in [-0.25, -0.2) is 14.5 Å². The van der Waals surface area contributed by atoms with Crippen LogP contribution in [0.5, 0.6) is 0 Å². The molecule has 0 fully saturated rings. The fourth-order valence-electron chi connectivity index (χ4n) is 2.21. The fourth-order valence-corrected chi connectivity index (χ4v) is 3.15. The standard InChI is InChI=1S/C14H9ClN4S/c15-10-3-1-2-9(6-10)7-12-17-13-11-4-5-20-14(11)16-8-19(13)18-12/h1-6,8H,7H2. The third-order valence-electron chi connectivity index (χ3n) is 3.10. The molecule has 6 heteroatoms. The molecule has 3 aromatic heterocycles. The van der Waals surface area contributed by atoms with E-state index in [1.807, 2.05) is 35.7 Å². The predicted molar refractivity (Wildman–Crippen MR) is 80.4 cm³/mol. The number of rotatable bonds is 2. The molecule has 0 unspecified atom stereocenters. The van der Waals surface area contributed by atoms with Crippen molar-refractivity contribution < 1.29 is 0 Å². The molecule has 98 valence electrons. The van der Waals surface area contributed by atoms with Gasteiger partial charge in [0.1, 0.15) is 11.2 Å². The van der Waals surface area contributed by atoms with E-state index in [-0.39, 0.29) is 0 Å². The number of hydrogen-bond acceptors (Lipinski definition) is 4. The summed E-state index contributed by atoms with van der Waals surface area (Å²) < 4.78 is 1.73. The van der Waals surface area contributed by atoms with Crippen LogP contribution in [0.3, 0.4) is 0 Å². The van der Waals surface area contributed by atoms with Gasteiger partial charge in [0.2, 0.25) is 0 Å². The van der Waals surface area contributed by atoms with Crippen LogP contribution in [0.25, 0.3) is 15.9 Å². The summed E-state index contributed by atoms with van der Waals surface area (Å²) in [5.41, 5.74) is 1.95. The van der Waals surface area contributed by atoms with Crippen molar-refractivity contribution in [3.63, 3.8) is 0 Å². The summed E-state index contributed by atoms with van der Waals surface area (Å²) in [5.74, 6) is 0.771. The molecule has 0 amide bonds. The van der Waals surface area contributed by atoms with Crippen molar-refractivity contribution in [1.82, 2.24) is 19.6 Å². The lowest BCUT2D eigenvalue weighted by atomic mass is 10.1. The molecule has 1 aromatic carbocycles. The Morgan fingerprint density at radius 3 is 3.10 bits per heavy atom. The molecule has 0 aliphatic rings. The highest BCUT2D eigenvalue weighted by atomic mass is 35.5. The van der Waals surface area contributed by atoms with Gasteiger partial charge in [-0.05, 0) is 29.1 Å². The highest BCUT2D eigenvalue weighted by molar-refractivity contribution is 7.16. The molecule has 20 heavy (non-hydrogen) atoms. The first-order valence-corrected chi connectivity index (χ1v) is 7.37. The average Bonchev–Trinajstić information content (AvgIpc) is 3.02. The second kappa shape index (κ2) is 4.54. The summed E-state index contributed by atoms with van der Waals surface area (Å²) >= 11 is 7.61. The van der Waals surface area contributed by atoms with Crippen molar-refractivity contribution in [2.75, 3.05) is 0 Å². The minimum atomic E-state index is 0.661. The van der Waals surface area contributed by atoms with E-state index in [0.717, 1.165) is 32.3 Å². The van der Waals surface area contributed by atoms with Crippen LogP contribution in [0, 0.1) is 0 Å². The molecule has 0 saturated heterocycles. The maximum absolute atomic E-state index is 6.00. The Labute approximate surface area is 123 Å². The minimum absolute atomic E-state index is 0.661. The van der Waals surface area contributed by atoms with Crippen molar-refractivity contribution >= 4 is 38.8 Å². The van der Waals surface area contributed by atoms with Gasteiger partial charge in [-0.3, -0.25) is 0 Å². The van der Waals surface area contributed by atoms with E-state index in [0.29, 0.717) is 6.42 Å². The normalized spacial score (nSPS) is 11.4. The zero-order chi connectivity index (χ0) is 13.5. The number of halogens is 1. The highest BCUT2D eigenvalue weighted by Gasteiger charge is 2.09. The Bertz CT molecular complexity index is 912. The van der Waals surface area contributed by atoms with Gasteiger partial charge in [0.15, 0.2) is 11.5 Å². The molecule has 3 heterocycles. The van der Waals surface area contributed by atoms with Gasteiger partial charge in [-0.1, -0.05) is 23.7 Å². The number of nitrogens with zero attached hydrogens (tertiary/aromatic N) is 4. The quantitative estimate of drug-likeness (QED) is 0.568. The minimum Gasteiger partial charge on any atom is -0.225 e. The van der Waals surface area contributed by atoms with Crippen LogP contribution in [0.1, 0.15) is 11.4 Å². The van der Waals surface area contributed by atoms with Crippen molar-refractivity contribution in [2.24, 2.45) is 0 Å². The fraction of sp³-hybridized carbons (Fsp3) is 0.0714. The second-order valence-corrected chi connectivity index (χ2v) is 5.82. The van der Waals surface area contributed by atoms with Crippen molar-refractivity contribution in [2.45, 2.75) is 6.42 Å². The molecule has 0 aliphatic heterocycles. The summed E-state index contributed by atoms with van der Waals surface area (Å²) in [7, 11) is 0. The molecule has 4 aromatic rings. The molecule has 0 saturated carbocycles. The summed E-state index contributed by atoms with van der Waals surface area (Å²) in [6.07, 6.45) is 2.37. The lowest BCUT2D eigenvalue weighted by Gasteiger charge is -1.97. The van der Waals surface area contributed by atoms with Crippen LogP contribution < -0.4 is 0 Å². The van der Waals surface area contributed by atoms with Gasteiger partial charge in [-0.2, -0.15) is 0 Å². The SMILES string of the molecule is Clc1cccc(Cc2nc3c4ccsc4ncn3n2)c1. The molecule has 0 radical (unpaired) electrons. The number of aromatic nitrogens is 4. The number of hydrogen-bond donors (Lipinski definition) is 0. The summed E-state index contributed by atoms with van der Waals surface area (Å²) in [4.78, 5) is 9.96. The molecular formula is C14H9ClN4S. The van der Waals surface area contributed by atoms with Gasteiger partial charge >= 0.3 is 0 Å². The zero-order valence-corrected chi connectivity index (χ0v) is 11.9. The van der Waals surface area contributed by atoms with Crippen LogP contribution in [0.15, 0.2) is 42.0 Å². The Morgan fingerprint density at radius 2 is 2.20 bits per heavy atom. The first-order chi connectivity index (χ1) is 9.79. The molecule has 4 nitrogen and oxygen atoms in total. The van der Waals surface area contributed by atoms with Crippen LogP contribution >= 0.6 is 22.9 Å². The third-order valence-corrected chi connectivity index (χ3v) is 4.15. The first-order valence-electron chi connectivity index (χ1n) is 6.11. The topological polar surface area (TPSA) is 43.1 Å². The van der Waals surface area contributed by atoms with E-state index in [1.54, 1.807) is 22.2 Å². The van der Waals surface area contributed by atoms with Gasteiger partial charge < -0.3 is 0 Å². The Kier molecular flexibility index (Phi) is 2.68. The molecular weight excluding hydrogens is 292 g/mol. The summed E-state index contributed by atoms with van der Waals surface area (Å²) in [6, 6.07) is 9.79. The van der Waals surface area contributed by atoms with Gasteiger partial charge in [0.05, 0.1) is 5.39 Å². The second-order valence-electron chi connectivity index (χ2n) is 4.49. The van der Waals surface area contributed by atoms with Crippen LogP contribution in [0.2, 0.25) is 5.02 Å². The van der Waals surface area contributed by atoms with Gasteiger partial charge in [0.25, 0.3) is 0 Å². The smallest absolute Gasteiger partial charge is 0.167 e. The number of benzene rings is 1. The van der Waals surface area contributed by atoms with Crippen LogP contribution in [-0.4, -0.2) is 19.6 Å². The molecule has 0 spiro atoms. The van der Waals surface area contributed by atoms with Crippen LogP contribution in [-0.2, 0) is 6.42 Å². The molecule has 0 N–H and O–H groups in total. The zero-order valence-electron chi connectivity index (χ0n) is 10.3. The number of fused-ring (bicyclic) bond motifs is 3. The Balaban J connectivity index is 1.80. The average molecular weight is 301 g/mol. The highest BCUT2D eigenvalue weighted by Crippen LogP contribution is 2.22. The van der Waals surface area contributed by atoms with E-state index in [1.165, 1.54) is 0 Å². The van der Waals surface area contributed by atoms with E-state index in [9.17, 15) is 0 Å². The van der Waals surface area contributed by atoms with E-state index < -0.39 is 0 Å².